The summed E-state index contributed by atoms with van der Waals surface area (Å²) < 4.78 is 11.0. The van der Waals surface area contributed by atoms with E-state index in [2.05, 4.69) is 13.8 Å². The highest BCUT2D eigenvalue weighted by Crippen LogP contribution is 2.22. The number of rotatable bonds is 2. The predicted octanol–water partition coefficient (Wildman–Crippen LogP) is 1.98. The zero-order valence-corrected chi connectivity index (χ0v) is 7.67. The Balaban J connectivity index is 2.37. The molecule has 1 fully saturated rings. The van der Waals surface area contributed by atoms with Crippen molar-refractivity contribution >= 4 is 0 Å². The van der Waals surface area contributed by atoms with Crippen LogP contribution in [-0.2, 0) is 9.47 Å². The molecule has 0 spiro atoms. The van der Waals surface area contributed by atoms with Crippen molar-refractivity contribution in [3.63, 3.8) is 0 Å². The molecule has 0 aromatic heterocycles. The summed E-state index contributed by atoms with van der Waals surface area (Å²) in [5.41, 5.74) is 0. The third-order valence-corrected chi connectivity index (χ3v) is 2.33. The Kier molecular flexibility index (Phi) is 3.34. The fourth-order valence-electron chi connectivity index (χ4n) is 1.65. The zero-order valence-electron chi connectivity index (χ0n) is 7.67. The van der Waals surface area contributed by atoms with Crippen LogP contribution in [-0.4, -0.2) is 25.4 Å². The van der Waals surface area contributed by atoms with Gasteiger partial charge >= 0.3 is 0 Å². The van der Waals surface area contributed by atoms with E-state index in [1.807, 2.05) is 0 Å². The number of ether oxygens (including phenoxy) is 2. The van der Waals surface area contributed by atoms with E-state index in [0.717, 1.165) is 19.3 Å². The SMILES string of the molecule is CCC1C[C@H](OC)C[C@H](C)O1. The monoisotopic (exact) mass is 158 g/mol. The maximum Gasteiger partial charge on any atom is 0.0620 e. The molecule has 0 amide bonds. The summed E-state index contributed by atoms with van der Waals surface area (Å²) in [6.45, 7) is 4.28. The number of hydrogen-bond acceptors (Lipinski definition) is 2. The molecule has 1 aliphatic rings. The predicted molar refractivity (Wildman–Crippen MR) is 44.7 cm³/mol. The van der Waals surface area contributed by atoms with Gasteiger partial charge in [-0.3, -0.25) is 0 Å². The second kappa shape index (κ2) is 4.07. The van der Waals surface area contributed by atoms with Crippen LogP contribution in [0.5, 0.6) is 0 Å². The van der Waals surface area contributed by atoms with E-state index in [9.17, 15) is 0 Å². The van der Waals surface area contributed by atoms with Crippen molar-refractivity contribution in [3.05, 3.63) is 0 Å². The molecule has 1 unspecified atom stereocenters. The lowest BCUT2D eigenvalue weighted by Crippen LogP contribution is -2.34. The minimum atomic E-state index is 0.374. The van der Waals surface area contributed by atoms with Crippen LogP contribution in [0.25, 0.3) is 0 Å². The molecule has 0 aromatic carbocycles. The Morgan fingerprint density at radius 3 is 2.73 bits per heavy atom. The molecule has 1 rings (SSSR count). The van der Waals surface area contributed by atoms with Gasteiger partial charge in [-0.1, -0.05) is 6.92 Å². The van der Waals surface area contributed by atoms with E-state index in [4.69, 9.17) is 9.47 Å². The van der Waals surface area contributed by atoms with E-state index in [0.29, 0.717) is 18.3 Å². The lowest BCUT2D eigenvalue weighted by molar-refractivity contribution is -0.0988. The van der Waals surface area contributed by atoms with Crippen LogP contribution in [0.1, 0.15) is 33.1 Å². The molecule has 1 heterocycles. The minimum Gasteiger partial charge on any atom is -0.381 e. The summed E-state index contributed by atoms with van der Waals surface area (Å²) in [4.78, 5) is 0. The van der Waals surface area contributed by atoms with Gasteiger partial charge in [0.1, 0.15) is 0 Å². The smallest absolute Gasteiger partial charge is 0.0620 e. The molecule has 0 aliphatic carbocycles. The maximum atomic E-state index is 5.69. The van der Waals surface area contributed by atoms with E-state index < -0.39 is 0 Å². The summed E-state index contributed by atoms with van der Waals surface area (Å²) in [7, 11) is 1.79. The maximum absolute atomic E-state index is 5.69. The lowest BCUT2D eigenvalue weighted by Gasteiger charge is -2.32. The third kappa shape index (κ3) is 2.46. The molecule has 0 aromatic rings. The van der Waals surface area contributed by atoms with Crippen molar-refractivity contribution in [2.75, 3.05) is 7.11 Å². The molecule has 0 radical (unpaired) electrons. The van der Waals surface area contributed by atoms with Crippen LogP contribution < -0.4 is 0 Å². The number of methoxy groups -OCH3 is 1. The normalized spacial score (nSPS) is 39.0. The topological polar surface area (TPSA) is 18.5 Å². The highest BCUT2D eigenvalue weighted by atomic mass is 16.5. The largest absolute Gasteiger partial charge is 0.381 e. The van der Waals surface area contributed by atoms with Gasteiger partial charge in [-0.25, -0.2) is 0 Å². The van der Waals surface area contributed by atoms with Crippen LogP contribution in [0, 0.1) is 0 Å². The van der Waals surface area contributed by atoms with Gasteiger partial charge in [0.25, 0.3) is 0 Å². The van der Waals surface area contributed by atoms with Crippen molar-refractivity contribution < 1.29 is 9.47 Å². The first kappa shape index (κ1) is 9.01. The second-order valence-corrected chi connectivity index (χ2v) is 3.31. The van der Waals surface area contributed by atoms with Crippen LogP contribution in [0.4, 0.5) is 0 Å². The standard InChI is InChI=1S/C9H18O2/c1-4-8-6-9(10-3)5-7(2)11-8/h7-9H,4-6H2,1-3H3/t7-,8?,9+/m0/s1. The molecule has 0 bridgehead atoms. The highest BCUT2D eigenvalue weighted by molar-refractivity contribution is 4.74. The Morgan fingerprint density at radius 2 is 2.18 bits per heavy atom. The molecule has 66 valence electrons. The summed E-state index contributed by atoms with van der Waals surface area (Å²) in [5, 5.41) is 0. The van der Waals surface area contributed by atoms with Gasteiger partial charge in [0.2, 0.25) is 0 Å². The average Bonchev–Trinajstić information content (AvgIpc) is 2.03. The van der Waals surface area contributed by atoms with Gasteiger partial charge in [0.05, 0.1) is 18.3 Å². The first-order chi connectivity index (χ1) is 5.26. The summed E-state index contributed by atoms with van der Waals surface area (Å²) >= 11 is 0. The highest BCUT2D eigenvalue weighted by Gasteiger charge is 2.25. The Bertz CT molecular complexity index is 102. The zero-order chi connectivity index (χ0) is 8.27. The van der Waals surface area contributed by atoms with Crippen molar-refractivity contribution in [2.45, 2.75) is 51.4 Å². The molecule has 2 nitrogen and oxygen atoms in total. The first-order valence-corrected chi connectivity index (χ1v) is 4.44. The molecular formula is C9H18O2. The fraction of sp³-hybridized carbons (Fsp3) is 1.00. The van der Waals surface area contributed by atoms with Crippen molar-refractivity contribution in [2.24, 2.45) is 0 Å². The number of hydrogen-bond donors (Lipinski definition) is 0. The first-order valence-electron chi connectivity index (χ1n) is 4.44. The van der Waals surface area contributed by atoms with Gasteiger partial charge in [-0.05, 0) is 26.2 Å². The molecule has 0 N–H and O–H groups in total. The van der Waals surface area contributed by atoms with Crippen LogP contribution in [0.3, 0.4) is 0 Å². The van der Waals surface area contributed by atoms with E-state index in [1.54, 1.807) is 7.11 Å². The van der Waals surface area contributed by atoms with Crippen molar-refractivity contribution in [1.82, 2.24) is 0 Å². The molecule has 1 aliphatic heterocycles. The average molecular weight is 158 g/mol. The Morgan fingerprint density at radius 1 is 1.45 bits per heavy atom. The minimum absolute atomic E-state index is 0.374. The van der Waals surface area contributed by atoms with Crippen LogP contribution in [0.2, 0.25) is 0 Å². The third-order valence-electron chi connectivity index (χ3n) is 2.33. The van der Waals surface area contributed by atoms with Crippen LogP contribution in [0.15, 0.2) is 0 Å². The van der Waals surface area contributed by atoms with E-state index in [1.165, 1.54) is 0 Å². The summed E-state index contributed by atoms with van der Waals surface area (Å²) in [6.07, 6.45) is 4.43. The van der Waals surface area contributed by atoms with E-state index >= 15 is 0 Å². The fourth-order valence-corrected chi connectivity index (χ4v) is 1.65. The van der Waals surface area contributed by atoms with Gasteiger partial charge < -0.3 is 9.47 Å². The molecule has 1 saturated heterocycles. The van der Waals surface area contributed by atoms with Gasteiger partial charge in [-0.2, -0.15) is 0 Å². The van der Waals surface area contributed by atoms with Crippen LogP contribution >= 0.6 is 0 Å². The van der Waals surface area contributed by atoms with Crippen molar-refractivity contribution in [3.8, 4) is 0 Å². The van der Waals surface area contributed by atoms with Gasteiger partial charge in [0, 0.05) is 7.11 Å². The molecule has 2 heteroatoms. The lowest BCUT2D eigenvalue weighted by atomic mass is 10.0. The van der Waals surface area contributed by atoms with Gasteiger partial charge in [0.15, 0.2) is 0 Å². The Hall–Kier alpha value is -0.0800. The molecule has 0 saturated carbocycles. The van der Waals surface area contributed by atoms with E-state index in [-0.39, 0.29) is 0 Å². The molecule has 11 heavy (non-hydrogen) atoms. The Labute approximate surface area is 68.9 Å². The summed E-state index contributed by atoms with van der Waals surface area (Å²) in [6, 6.07) is 0. The molecule has 3 atom stereocenters. The second-order valence-electron chi connectivity index (χ2n) is 3.31. The summed E-state index contributed by atoms with van der Waals surface area (Å²) in [5.74, 6) is 0. The van der Waals surface area contributed by atoms with Gasteiger partial charge in [-0.15, -0.1) is 0 Å². The quantitative estimate of drug-likeness (QED) is 0.611. The molecular weight excluding hydrogens is 140 g/mol. The van der Waals surface area contributed by atoms with Crippen molar-refractivity contribution in [1.29, 1.82) is 0 Å².